The van der Waals surface area contributed by atoms with Crippen LogP contribution in [0.3, 0.4) is 0 Å². The summed E-state index contributed by atoms with van der Waals surface area (Å²) in [6, 6.07) is 7.05. The third kappa shape index (κ3) is 5.02. The van der Waals surface area contributed by atoms with E-state index in [0.717, 1.165) is 56.3 Å². The third-order valence-corrected chi connectivity index (χ3v) is 7.05. The first kappa shape index (κ1) is 24.1. The number of nitrogens with zero attached hydrogens (tertiary/aromatic N) is 6. The Labute approximate surface area is 209 Å². The first-order valence-electron chi connectivity index (χ1n) is 12.6. The van der Waals surface area contributed by atoms with Crippen LogP contribution in [0.15, 0.2) is 53.8 Å². The van der Waals surface area contributed by atoms with Crippen molar-refractivity contribution in [2.75, 3.05) is 25.0 Å². The van der Waals surface area contributed by atoms with Crippen LogP contribution in [0.5, 0.6) is 0 Å². The maximum atomic E-state index is 14.7. The van der Waals surface area contributed by atoms with Gasteiger partial charge in [0.05, 0.1) is 17.9 Å². The zero-order valence-corrected chi connectivity index (χ0v) is 21.0. The normalized spacial score (nSPS) is 15.1. The molecule has 36 heavy (non-hydrogen) atoms. The quantitative estimate of drug-likeness (QED) is 0.406. The molecule has 5 rings (SSSR count). The number of hydrogen-bond acceptors (Lipinski definition) is 6. The van der Waals surface area contributed by atoms with E-state index in [1.54, 1.807) is 27.4 Å². The molecule has 1 fully saturated rings. The topological polar surface area (TPSA) is 80.3 Å². The number of fused-ring (bicyclic) bond motifs is 1. The number of piperidine rings is 1. The smallest absolute Gasteiger partial charge is 0.252 e. The zero-order chi connectivity index (χ0) is 25.2. The average molecular weight is 490 g/mol. The Bertz CT molecular complexity index is 1420. The lowest BCUT2D eigenvalue weighted by Gasteiger charge is -2.31. The standard InChI is InChI=1S/C27H32FN7O/c1-4-33-9-5-19(6-10-33)17-34-11-8-21(14-25(34)36)31-27-29-16-23(28)26(32-27)20-7-12-35-24(13-20)22(15-30-35)18(2)3/h7-8,11-16,18-19H,4-6,9-10,17H2,1-3H3,(H,29,31,32). The molecule has 0 aromatic carbocycles. The fourth-order valence-corrected chi connectivity index (χ4v) is 4.85. The van der Waals surface area contributed by atoms with Crippen molar-refractivity contribution in [3.8, 4) is 11.3 Å². The van der Waals surface area contributed by atoms with Crippen LogP contribution >= 0.6 is 0 Å². The van der Waals surface area contributed by atoms with Crippen molar-refractivity contribution in [2.24, 2.45) is 5.92 Å². The van der Waals surface area contributed by atoms with Crippen LogP contribution in [-0.2, 0) is 6.54 Å². The van der Waals surface area contributed by atoms with Crippen LogP contribution in [-0.4, -0.2) is 48.7 Å². The van der Waals surface area contributed by atoms with Crippen LogP contribution < -0.4 is 10.9 Å². The molecule has 5 heterocycles. The minimum Gasteiger partial charge on any atom is -0.324 e. The second-order valence-corrected chi connectivity index (χ2v) is 9.80. The van der Waals surface area contributed by atoms with E-state index in [1.165, 1.54) is 0 Å². The molecule has 8 nitrogen and oxygen atoms in total. The Morgan fingerprint density at radius 3 is 2.67 bits per heavy atom. The van der Waals surface area contributed by atoms with Gasteiger partial charge < -0.3 is 14.8 Å². The van der Waals surface area contributed by atoms with Crippen molar-refractivity contribution in [3.63, 3.8) is 0 Å². The summed E-state index contributed by atoms with van der Waals surface area (Å²) in [6.07, 6.45) is 8.81. The molecule has 4 aromatic heterocycles. The second-order valence-electron chi connectivity index (χ2n) is 9.80. The Morgan fingerprint density at radius 2 is 1.94 bits per heavy atom. The van der Waals surface area contributed by atoms with Crippen molar-refractivity contribution < 1.29 is 4.39 Å². The average Bonchev–Trinajstić information content (AvgIpc) is 3.31. The van der Waals surface area contributed by atoms with Crippen molar-refractivity contribution in [3.05, 3.63) is 70.8 Å². The first-order chi connectivity index (χ1) is 17.4. The predicted octanol–water partition coefficient (Wildman–Crippen LogP) is 4.69. The fraction of sp³-hybridized carbons (Fsp3) is 0.407. The molecule has 4 aromatic rings. The lowest BCUT2D eigenvalue weighted by Crippen LogP contribution is -2.36. The molecule has 0 saturated carbocycles. The number of pyridine rings is 2. The van der Waals surface area contributed by atoms with E-state index < -0.39 is 5.82 Å². The van der Waals surface area contributed by atoms with Gasteiger partial charge in [-0.15, -0.1) is 0 Å². The van der Waals surface area contributed by atoms with Gasteiger partial charge in [-0.2, -0.15) is 5.10 Å². The molecule has 1 saturated heterocycles. The molecule has 0 spiro atoms. The summed E-state index contributed by atoms with van der Waals surface area (Å²) in [5.74, 6) is 0.515. The van der Waals surface area contributed by atoms with Gasteiger partial charge in [0.15, 0.2) is 5.82 Å². The summed E-state index contributed by atoms with van der Waals surface area (Å²) in [4.78, 5) is 23.7. The maximum Gasteiger partial charge on any atom is 0.252 e. The summed E-state index contributed by atoms with van der Waals surface area (Å²) in [5.41, 5.74) is 3.32. The third-order valence-electron chi connectivity index (χ3n) is 7.05. The van der Waals surface area contributed by atoms with Crippen molar-refractivity contribution in [2.45, 2.75) is 46.1 Å². The summed E-state index contributed by atoms with van der Waals surface area (Å²) in [5, 5.41) is 7.44. The van der Waals surface area contributed by atoms with Gasteiger partial charge in [0.2, 0.25) is 5.95 Å². The van der Waals surface area contributed by atoms with Gasteiger partial charge in [0.1, 0.15) is 5.69 Å². The van der Waals surface area contributed by atoms with Crippen LogP contribution in [0, 0.1) is 11.7 Å². The van der Waals surface area contributed by atoms with Crippen LogP contribution in [0.2, 0.25) is 0 Å². The summed E-state index contributed by atoms with van der Waals surface area (Å²) < 4.78 is 18.3. The second kappa shape index (κ2) is 10.2. The summed E-state index contributed by atoms with van der Waals surface area (Å²) in [7, 11) is 0. The van der Waals surface area contributed by atoms with Crippen molar-refractivity contribution in [1.29, 1.82) is 0 Å². The highest BCUT2D eigenvalue weighted by Gasteiger charge is 2.19. The molecule has 9 heteroatoms. The highest BCUT2D eigenvalue weighted by atomic mass is 19.1. The molecule has 188 valence electrons. The molecule has 0 amide bonds. The molecular formula is C27H32FN7O. The van der Waals surface area contributed by atoms with E-state index in [1.807, 2.05) is 24.5 Å². The summed E-state index contributed by atoms with van der Waals surface area (Å²) >= 11 is 0. The largest absolute Gasteiger partial charge is 0.324 e. The molecular weight excluding hydrogens is 457 g/mol. The number of halogens is 1. The first-order valence-corrected chi connectivity index (χ1v) is 12.6. The minimum absolute atomic E-state index is 0.0762. The van der Waals surface area contributed by atoms with Gasteiger partial charge in [0, 0.05) is 41.8 Å². The van der Waals surface area contributed by atoms with E-state index in [2.05, 4.69) is 46.1 Å². The van der Waals surface area contributed by atoms with Crippen molar-refractivity contribution in [1.82, 2.24) is 29.0 Å². The van der Waals surface area contributed by atoms with Gasteiger partial charge in [0.25, 0.3) is 5.56 Å². The summed E-state index contributed by atoms with van der Waals surface area (Å²) in [6.45, 7) is 10.4. The number of rotatable bonds is 7. The van der Waals surface area contributed by atoms with Gasteiger partial charge in [-0.25, -0.2) is 18.9 Å². The number of hydrogen-bond donors (Lipinski definition) is 1. The van der Waals surface area contributed by atoms with Crippen LogP contribution in [0.1, 0.15) is 45.1 Å². The Morgan fingerprint density at radius 1 is 1.14 bits per heavy atom. The van der Waals surface area contributed by atoms with E-state index in [0.29, 0.717) is 17.2 Å². The highest BCUT2D eigenvalue weighted by molar-refractivity contribution is 5.69. The fourth-order valence-electron chi connectivity index (χ4n) is 4.85. The zero-order valence-electron chi connectivity index (χ0n) is 21.0. The van der Waals surface area contributed by atoms with Crippen LogP contribution in [0.4, 0.5) is 16.0 Å². The molecule has 1 N–H and O–H groups in total. The Hall–Kier alpha value is -3.59. The Balaban J connectivity index is 1.34. The highest BCUT2D eigenvalue weighted by Crippen LogP contribution is 2.27. The molecule has 0 unspecified atom stereocenters. The number of likely N-dealkylation sites (tertiary alicyclic amines) is 1. The molecule has 1 aliphatic rings. The molecule has 0 aliphatic carbocycles. The monoisotopic (exact) mass is 489 g/mol. The van der Waals surface area contributed by atoms with E-state index >= 15 is 0 Å². The van der Waals surface area contributed by atoms with Gasteiger partial charge in [-0.1, -0.05) is 20.8 Å². The number of nitrogens with one attached hydrogen (secondary N) is 1. The van der Waals surface area contributed by atoms with Crippen molar-refractivity contribution >= 4 is 17.2 Å². The predicted molar refractivity (Wildman–Crippen MR) is 139 cm³/mol. The van der Waals surface area contributed by atoms with Gasteiger partial charge in [-0.05, 0) is 62.5 Å². The lowest BCUT2D eigenvalue weighted by atomic mass is 9.97. The molecule has 0 bridgehead atoms. The molecule has 1 aliphatic heterocycles. The van der Waals surface area contributed by atoms with Gasteiger partial charge in [-0.3, -0.25) is 4.79 Å². The number of anilines is 2. The maximum absolute atomic E-state index is 14.7. The SMILES string of the molecule is CCN1CCC(Cn2ccc(Nc3ncc(F)c(-c4ccn5ncc(C(C)C)c5c4)n3)cc2=O)CC1. The number of aromatic nitrogens is 5. The minimum atomic E-state index is -0.514. The van der Waals surface area contributed by atoms with E-state index in [-0.39, 0.29) is 23.1 Å². The van der Waals surface area contributed by atoms with E-state index in [4.69, 9.17) is 0 Å². The Kier molecular flexibility index (Phi) is 6.82. The molecule has 0 atom stereocenters. The van der Waals surface area contributed by atoms with Gasteiger partial charge >= 0.3 is 0 Å². The van der Waals surface area contributed by atoms with E-state index in [9.17, 15) is 9.18 Å². The van der Waals surface area contributed by atoms with Crippen LogP contribution in [0.25, 0.3) is 16.8 Å². The lowest BCUT2D eigenvalue weighted by molar-refractivity contribution is 0.180. The molecule has 0 radical (unpaired) electrons.